The maximum absolute atomic E-state index is 12.9. The molecule has 0 heterocycles. The van der Waals surface area contributed by atoms with Crippen LogP contribution in [-0.2, 0) is 0 Å². The number of nitrogens with one attached hydrogen (secondary N) is 1. The summed E-state index contributed by atoms with van der Waals surface area (Å²) in [6.45, 7) is 0. The Kier molecular flexibility index (Phi) is 4.39. The van der Waals surface area contributed by atoms with Gasteiger partial charge in [0.2, 0.25) is 0 Å². The van der Waals surface area contributed by atoms with Gasteiger partial charge in [-0.1, -0.05) is 60.7 Å². The zero-order valence-corrected chi connectivity index (χ0v) is 12.5. The molecular weight excluding hydrogens is 286 g/mol. The highest BCUT2D eigenvalue weighted by molar-refractivity contribution is 6.02. The number of phenols is 1. The van der Waals surface area contributed by atoms with Gasteiger partial charge in [0.1, 0.15) is 11.8 Å². The van der Waals surface area contributed by atoms with Gasteiger partial charge < -0.3 is 10.4 Å². The predicted molar refractivity (Wildman–Crippen MR) is 91.7 cm³/mol. The normalized spacial score (nSPS) is 11.7. The van der Waals surface area contributed by atoms with Crippen LogP contribution in [0.25, 0.3) is 0 Å². The maximum Gasteiger partial charge on any atom is 0.189 e. The molecule has 114 valence electrons. The van der Waals surface area contributed by atoms with E-state index in [9.17, 15) is 9.90 Å². The van der Waals surface area contributed by atoms with E-state index in [0.717, 1.165) is 11.3 Å². The summed E-state index contributed by atoms with van der Waals surface area (Å²) in [6, 6.07) is 25.1. The molecule has 0 saturated carbocycles. The number of Topliss-reactive ketones (excluding diaryl/α,β-unsaturated/α-hetero) is 1. The lowest BCUT2D eigenvalue weighted by atomic mass is 9.97. The number of aromatic hydroxyl groups is 1. The van der Waals surface area contributed by atoms with E-state index in [-0.39, 0.29) is 11.5 Å². The summed E-state index contributed by atoms with van der Waals surface area (Å²) in [5, 5.41) is 12.7. The molecule has 0 spiro atoms. The van der Waals surface area contributed by atoms with Crippen molar-refractivity contribution in [2.75, 3.05) is 5.32 Å². The van der Waals surface area contributed by atoms with Gasteiger partial charge in [0, 0.05) is 11.3 Å². The topological polar surface area (TPSA) is 49.3 Å². The van der Waals surface area contributed by atoms with Crippen LogP contribution in [0.2, 0.25) is 0 Å². The van der Waals surface area contributed by atoms with Crippen LogP contribution in [0.15, 0.2) is 84.9 Å². The average molecular weight is 303 g/mol. The Morgan fingerprint density at radius 3 is 1.96 bits per heavy atom. The first kappa shape index (κ1) is 14.9. The number of anilines is 1. The first-order valence-electron chi connectivity index (χ1n) is 7.44. The molecule has 0 aromatic heterocycles. The summed E-state index contributed by atoms with van der Waals surface area (Å²) >= 11 is 0. The molecule has 2 N–H and O–H groups in total. The Morgan fingerprint density at radius 1 is 0.783 bits per heavy atom. The summed E-state index contributed by atoms with van der Waals surface area (Å²) in [5.41, 5.74) is 2.34. The van der Waals surface area contributed by atoms with Crippen molar-refractivity contribution < 1.29 is 9.90 Å². The van der Waals surface area contributed by atoms with Crippen molar-refractivity contribution in [3.63, 3.8) is 0 Å². The van der Waals surface area contributed by atoms with Crippen LogP contribution in [0.3, 0.4) is 0 Å². The summed E-state index contributed by atoms with van der Waals surface area (Å²) in [4.78, 5) is 12.9. The van der Waals surface area contributed by atoms with Crippen LogP contribution in [0.1, 0.15) is 22.0 Å². The number of phenolic OH excluding ortho intramolecular Hbond substituents is 1. The summed E-state index contributed by atoms with van der Waals surface area (Å²) in [5.74, 6) is 0.200. The van der Waals surface area contributed by atoms with E-state index in [2.05, 4.69) is 5.32 Å². The highest BCUT2D eigenvalue weighted by Crippen LogP contribution is 2.24. The van der Waals surface area contributed by atoms with Crippen LogP contribution in [0, 0.1) is 0 Å². The molecule has 3 aromatic rings. The molecule has 3 rings (SSSR count). The number of hydrogen-bond donors (Lipinski definition) is 2. The van der Waals surface area contributed by atoms with Gasteiger partial charge in [-0.3, -0.25) is 4.79 Å². The fourth-order valence-corrected chi connectivity index (χ4v) is 2.44. The van der Waals surface area contributed by atoms with E-state index >= 15 is 0 Å². The van der Waals surface area contributed by atoms with Gasteiger partial charge in [-0.15, -0.1) is 0 Å². The summed E-state index contributed by atoms with van der Waals surface area (Å²) < 4.78 is 0. The number of rotatable bonds is 5. The average Bonchev–Trinajstić information content (AvgIpc) is 2.62. The van der Waals surface area contributed by atoms with Crippen molar-refractivity contribution in [1.29, 1.82) is 0 Å². The quantitative estimate of drug-likeness (QED) is 0.541. The third kappa shape index (κ3) is 3.58. The maximum atomic E-state index is 12.9. The van der Waals surface area contributed by atoms with Crippen molar-refractivity contribution in [2.24, 2.45) is 0 Å². The SMILES string of the molecule is O=C(c1ccccc1)C(Nc1ccc(O)cc1)c1ccccc1. The summed E-state index contributed by atoms with van der Waals surface area (Å²) in [6.07, 6.45) is 0. The van der Waals surface area contributed by atoms with Crippen LogP contribution in [-0.4, -0.2) is 10.9 Å². The second-order valence-electron chi connectivity index (χ2n) is 5.27. The first-order valence-corrected chi connectivity index (χ1v) is 7.44. The largest absolute Gasteiger partial charge is 0.508 e. The van der Waals surface area contributed by atoms with Crippen LogP contribution < -0.4 is 5.32 Å². The van der Waals surface area contributed by atoms with Gasteiger partial charge in [0.15, 0.2) is 5.78 Å². The van der Waals surface area contributed by atoms with Crippen LogP contribution in [0.5, 0.6) is 5.75 Å². The molecule has 1 atom stereocenters. The minimum absolute atomic E-state index is 0.00451. The molecule has 3 heteroatoms. The van der Waals surface area contributed by atoms with Crippen molar-refractivity contribution in [3.05, 3.63) is 96.1 Å². The Bertz CT molecular complexity index is 768. The molecule has 0 radical (unpaired) electrons. The fourth-order valence-electron chi connectivity index (χ4n) is 2.44. The lowest BCUT2D eigenvalue weighted by molar-refractivity contribution is 0.0969. The zero-order valence-electron chi connectivity index (χ0n) is 12.5. The molecule has 0 saturated heterocycles. The molecule has 0 bridgehead atoms. The Hall–Kier alpha value is -3.07. The molecule has 0 aliphatic carbocycles. The third-order valence-corrected chi connectivity index (χ3v) is 3.63. The van der Waals surface area contributed by atoms with E-state index in [1.165, 1.54) is 0 Å². The van der Waals surface area contributed by atoms with Gasteiger partial charge >= 0.3 is 0 Å². The van der Waals surface area contributed by atoms with Crippen LogP contribution >= 0.6 is 0 Å². The number of ketones is 1. The Labute approximate surface area is 135 Å². The molecule has 23 heavy (non-hydrogen) atoms. The molecule has 3 nitrogen and oxygen atoms in total. The fraction of sp³-hybridized carbons (Fsp3) is 0.0500. The zero-order chi connectivity index (χ0) is 16.1. The van der Waals surface area contributed by atoms with E-state index in [0.29, 0.717) is 5.56 Å². The Morgan fingerprint density at radius 2 is 1.35 bits per heavy atom. The summed E-state index contributed by atoms with van der Waals surface area (Å²) in [7, 11) is 0. The van der Waals surface area contributed by atoms with Crippen molar-refractivity contribution in [1.82, 2.24) is 0 Å². The smallest absolute Gasteiger partial charge is 0.189 e. The van der Waals surface area contributed by atoms with Gasteiger partial charge in [-0.25, -0.2) is 0 Å². The molecule has 3 aromatic carbocycles. The van der Waals surface area contributed by atoms with Gasteiger partial charge in [0.05, 0.1) is 0 Å². The monoisotopic (exact) mass is 303 g/mol. The molecule has 0 aliphatic rings. The highest BCUT2D eigenvalue weighted by Gasteiger charge is 2.21. The Balaban J connectivity index is 1.94. The van der Waals surface area contributed by atoms with E-state index in [4.69, 9.17) is 0 Å². The highest BCUT2D eigenvalue weighted by atomic mass is 16.3. The van der Waals surface area contributed by atoms with Gasteiger partial charge in [-0.2, -0.15) is 0 Å². The number of hydrogen-bond acceptors (Lipinski definition) is 3. The number of carbonyl (C=O) groups excluding carboxylic acids is 1. The van der Waals surface area contributed by atoms with Gasteiger partial charge in [-0.05, 0) is 29.8 Å². The minimum Gasteiger partial charge on any atom is -0.508 e. The molecule has 0 amide bonds. The van der Waals surface area contributed by atoms with Crippen molar-refractivity contribution in [2.45, 2.75) is 6.04 Å². The predicted octanol–water partition coefficient (Wildman–Crippen LogP) is 4.43. The molecule has 0 fully saturated rings. The standard InChI is InChI=1S/C20H17NO2/c22-18-13-11-17(12-14-18)21-19(15-7-3-1-4-8-15)20(23)16-9-5-2-6-10-16/h1-14,19,21-22H. The van der Waals surface area contributed by atoms with Gasteiger partial charge in [0.25, 0.3) is 0 Å². The van der Waals surface area contributed by atoms with E-state index < -0.39 is 6.04 Å². The second kappa shape index (κ2) is 6.79. The first-order chi connectivity index (χ1) is 11.2. The minimum atomic E-state index is -0.483. The van der Waals surface area contributed by atoms with E-state index in [1.807, 2.05) is 60.7 Å². The molecule has 0 aliphatic heterocycles. The van der Waals surface area contributed by atoms with Crippen LogP contribution in [0.4, 0.5) is 5.69 Å². The third-order valence-electron chi connectivity index (χ3n) is 3.63. The lowest BCUT2D eigenvalue weighted by Crippen LogP contribution is -2.21. The van der Waals surface area contributed by atoms with Crippen molar-refractivity contribution >= 4 is 11.5 Å². The molecule has 1 unspecified atom stereocenters. The number of benzene rings is 3. The van der Waals surface area contributed by atoms with E-state index in [1.54, 1.807) is 24.3 Å². The van der Waals surface area contributed by atoms with Crippen molar-refractivity contribution in [3.8, 4) is 5.75 Å². The molecular formula is C20H17NO2. The number of carbonyl (C=O) groups is 1. The lowest BCUT2D eigenvalue weighted by Gasteiger charge is -2.19. The second-order valence-corrected chi connectivity index (χ2v) is 5.27.